The average molecular weight is 379 g/mol. The highest BCUT2D eigenvalue weighted by molar-refractivity contribution is 8.23. The minimum atomic E-state index is 0.149. The molecule has 0 radical (unpaired) electrons. The Morgan fingerprint density at radius 2 is 1.72 bits per heavy atom. The monoisotopic (exact) mass is 378 g/mol. The van der Waals surface area contributed by atoms with E-state index in [0.29, 0.717) is 11.5 Å². The molecule has 1 heterocycles. The highest BCUT2D eigenvalue weighted by Gasteiger charge is 2.53. The summed E-state index contributed by atoms with van der Waals surface area (Å²) in [4.78, 5) is 0. The second-order valence-corrected chi connectivity index (χ2v) is 10.6. The predicted octanol–water partition coefficient (Wildman–Crippen LogP) is 5.68. The minimum absolute atomic E-state index is 0.149. The zero-order valence-electron chi connectivity index (χ0n) is 15.8. The quantitative estimate of drug-likeness (QED) is 0.604. The Bertz CT molecular complexity index is 542. The lowest BCUT2D eigenvalue weighted by molar-refractivity contribution is 0.0246. The fourth-order valence-corrected chi connectivity index (χ4v) is 7.25. The van der Waals surface area contributed by atoms with Crippen LogP contribution in [0.5, 0.6) is 0 Å². The van der Waals surface area contributed by atoms with Crippen molar-refractivity contribution in [3.05, 3.63) is 11.3 Å². The number of thiocarbonyl (C=S) groups is 1. The summed E-state index contributed by atoms with van der Waals surface area (Å²) in [6.45, 7) is 2.23. The van der Waals surface area contributed by atoms with Crippen LogP contribution in [0.4, 0.5) is 0 Å². The lowest BCUT2D eigenvalue weighted by atomic mass is 9.64. The van der Waals surface area contributed by atoms with Crippen molar-refractivity contribution in [1.29, 1.82) is 0 Å². The molecule has 2 nitrogen and oxygen atoms in total. The van der Waals surface area contributed by atoms with Crippen LogP contribution in [0.25, 0.3) is 0 Å². The van der Waals surface area contributed by atoms with Crippen molar-refractivity contribution in [2.45, 2.75) is 102 Å². The Balaban J connectivity index is 1.74. The summed E-state index contributed by atoms with van der Waals surface area (Å²) in [6.07, 6.45) is 17.5. The van der Waals surface area contributed by atoms with E-state index in [1.54, 1.807) is 5.70 Å². The summed E-state index contributed by atoms with van der Waals surface area (Å²) in [5.41, 5.74) is 3.57. The molecule has 2 spiro atoms. The van der Waals surface area contributed by atoms with E-state index < -0.39 is 0 Å². The number of hydrogen-bond acceptors (Lipinski definition) is 4. The number of rotatable bonds is 2. The van der Waals surface area contributed by atoms with Gasteiger partial charge in [0.1, 0.15) is 0 Å². The van der Waals surface area contributed by atoms with Crippen molar-refractivity contribution >= 4 is 28.2 Å². The van der Waals surface area contributed by atoms with E-state index in [2.05, 4.69) is 17.6 Å². The molecule has 25 heavy (non-hydrogen) atoms. The van der Waals surface area contributed by atoms with E-state index in [9.17, 15) is 0 Å². The van der Waals surface area contributed by atoms with Crippen LogP contribution in [0.3, 0.4) is 0 Å². The third kappa shape index (κ3) is 3.43. The van der Waals surface area contributed by atoms with Gasteiger partial charge in [0.15, 0.2) is 0 Å². The summed E-state index contributed by atoms with van der Waals surface area (Å²) < 4.78 is 1.17. The van der Waals surface area contributed by atoms with Crippen LogP contribution < -0.4 is 10.6 Å². The summed E-state index contributed by atoms with van der Waals surface area (Å²) in [7, 11) is 0. The molecule has 2 N–H and O–H groups in total. The van der Waals surface area contributed by atoms with Crippen LogP contribution in [-0.4, -0.2) is 21.2 Å². The summed E-state index contributed by atoms with van der Waals surface area (Å²) in [5.74, 6) is 1.76. The van der Waals surface area contributed by atoms with Gasteiger partial charge in [-0.05, 0) is 69.1 Å². The molecular formula is C21H34N2S2. The Hall–Kier alpha value is -0.0600. The molecule has 0 amide bonds. The summed E-state index contributed by atoms with van der Waals surface area (Å²) >= 11 is 7.74. The molecule has 0 aromatic carbocycles. The number of fused-ring (bicyclic) bond motifs is 2. The molecule has 1 aliphatic heterocycles. The third-order valence-electron chi connectivity index (χ3n) is 7.10. The van der Waals surface area contributed by atoms with Gasteiger partial charge in [0, 0.05) is 17.2 Å². The van der Waals surface area contributed by atoms with Crippen LogP contribution in [0.15, 0.2) is 11.3 Å². The molecular weight excluding hydrogens is 344 g/mol. The van der Waals surface area contributed by atoms with Gasteiger partial charge in [0.25, 0.3) is 0 Å². The molecule has 140 valence electrons. The van der Waals surface area contributed by atoms with Gasteiger partial charge in [0.05, 0.1) is 9.86 Å². The van der Waals surface area contributed by atoms with Crippen molar-refractivity contribution < 1.29 is 0 Å². The van der Waals surface area contributed by atoms with Gasteiger partial charge < -0.3 is 5.32 Å². The maximum Gasteiger partial charge on any atom is 0.0883 e. The van der Waals surface area contributed by atoms with Crippen LogP contribution in [0.1, 0.15) is 90.4 Å². The fraction of sp³-hybridized carbons (Fsp3) is 0.857. The molecule has 3 fully saturated rings. The first-order chi connectivity index (χ1) is 12.2. The summed E-state index contributed by atoms with van der Waals surface area (Å²) in [5, 5.41) is 8.38. The van der Waals surface area contributed by atoms with E-state index in [0.717, 1.165) is 5.75 Å². The number of thioether (sulfide) groups is 1. The van der Waals surface area contributed by atoms with E-state index in [-0.39, 0.29) is 5.66 Å². The first kappa shape index (κ1) is 18.3. The number of nitrogens with one attached hydrogen (secondary N) is 2. The molecule has 1 saturated heterocycles. The molecule has 3 aliphatic carbocycles. The molecule has 4 aliphatic rings. The third-order valence-corrected chi connectivity index (χ3v) is 8.49. The van der Waals surface area contributed by atoms with Crippen LogP contribution in [-0.2, 0) is 0 Å². The zero-order chi connectivity index (χ0) is 17.3. The first-order valence-corrected chi connectivity index (χ1v) is 12.1. The SMILES string of the molecule is CCSC(=S)C1=C2NC3(CCCCC3)NC3(CCCCC3)C2CCC1. The van der Waals surface area contributed by atoms with Crippen LogP contribution >= 0.6 is 24.0 Å². The first-order valence-electron chi connectivity index (χ1n) is 10.7. The van der Waals surface area contributed by atoms with Gasteiger partial charge in [-0.25, -0.2) is 0 Å². The molecule has 1 atom stereocenters. The lowest BCUT2D eigenvalue weighted by Gasteiger charge is -2.59. The van der Waals surface area contributed by atoms with Gasteiger partial charge in [0.2, 0.25) is 0 Å². The maximum atomic E-state index is 5.87. The minimum Gasteiger partial charge on any atom is -0.370 e. The predicted molar refractivity (Wildman–Crippen MR) is 113 cm³/mol. The molecule has 0 aromatic rings. The van der Waals surface area contributed by atoms with Crippen LogP contribution in [0.2, 0.25) is 0 Å². The highest BCUT2D eigenvalue weighted by atomic mass is 32.2. The molecule has 0 aromatic heterocycles. The smallest absolute Gasteiger partial charge is 0.0883 e. The molecule has 0 bridgehead atoms. The van der Waals surface area contributed by atoms with Crippen molar-refractivity contribution in [1.82, 2.24) is 10.6 Å². The molecule has 4 rings (SSSR count). The Morgan fingerprint density at radius 3 is 2.40 bits per heavy atom. The highest BCUT2D eigenvalue weighted by Crippen LogP contribution is 2.49. The normalized spacial score (nSPS) is 30.8. The van der Waals surface area contributed by atoms with E-state index >= 15 is 0 Å². The van der Waals surface area contributed by atoms with Crippen molar-refractivity contribution in [2.24, 2.45) is 5.92 Å². The van der Waals surface area contributed by atoms with Gasteiger partial charge >= 0.3 is 0 Å². The van der Waals surface area contributed by atoms with Gasteiger partial charge in [-0.3, -0.25) is 5.32 Å². The number of hydrogen-bond donors (Lipinski definition) is 2. The van der Waals surface area contributed by atoms with Crippen molar-refractivity contribution in [3.63, 3.8) is 0 Å². The van der Waals surface area contributed by atoms with Gasteiger partial charge in [-0.15, -0.1) is 11.8 Å². The van der Waals surface area contributed by atoms with Crippen molar-refractivity contribution in [3.8, 4) is 0 Å². The average Bonchev–Trinajstić information content (AvgIpc) is 2.63. The van der Waals surface area contributed by atoms with E-state index in [4.69, 9.17) is 12.2 Å². The van der Waals surface area contributed by atoms with E-state index in [1.165, 1.54) is 93.2 Å². The fourth-order valence-electron chi connectivity index (χ4n) is 6.03. The Morgan fingerprint density at radius 1 is 1.04 bits per heavy atom. The van der Waals surface area contributed by atoms with Gasteiger partial charge in [-0.1, -0.05) is 44.8 Å². The second kappa shape index (κ2) is 7.52. The van der Waals surface area contributed by atoms with Gasteiger partial charge in [-0.2, -0.15) is 0 Å². The van der Waals surface area contributed by atoms with E-state index in [1.807, 2.05) is 11.8 Å². The maximum absolute atomic E-state index is 5.87. The van der Waals surface area contributed by atoms with Crippen molar-refractivity contribution in [2.75, 3.05) is 5.75 Å². The topological polar surface area (TPSA) is 24.1 Å². The molecule has 2 saturated carbocycles. The standard InChI is InChI=1S/C21H34N2S2/c1-2-25-19(24)16-10-9-11-17-18(16)22-21(14-7-4-8-15-21)23-20(17)12-5-3-6-13-20/h17,22-23H,2-15H2,1H3. The van der Waals surface area contributed by atoms with Crippen LogP contribution in [0, 0.1) is 5.92 Å². The second-order valence-electron chi connectivity index (χ2n) is 8.67. The largest absolute Gasteiger partial charge is 0.370 e. The Labute approximate surface area is 163 Å². The molecule has 1 unspecified atom stereocenters. The Kier molecular flexibility index (Phi) is 5.51. The summed E-state index contributed by atoms with van der Waals surface area (Å²) in [6, 6.07) is 0. The zero-order valence-corrected chi connectivity index (χ0v) is 17.4. The lowest BCUT2D eigenvalue weighted by Crippen LogP contribution is -2.73. The molecule has 4 heteroatoms.